The highest BCUT2D eigenvalue weighted by Gasteiger charge is 2.06. The lowest BCUT2D eigenvalue weighted by Crippen LogP contribution is -2.15. The van der Waals surface area contributed by atoms with Crippen LogP contribution in [-0.4, -0.2) is 23.3 Å². The van der Waals surface area contributed by atoms with Crippen LogP contribution in [-0.2, 0) is 0 Å². The van der Waals surface area contributed by atoms with Gasteiger partial charge in [-0.3, -0.25) is 0 Å². The molecule has 1 unspecified atom stereocenters. The van der Waals surface area contributed by atoms with Crippen molar-refractivity contribution in [1.29, 1.82) is 0 Å². The van der Waals surface area contributed by atoms with Crippen LogP contribution in [0.25, 0.3) is 0 Å². The van der Waals surface area contributed by atoms with Crippen molar-refractivity contribution in [2.45, 2.75) is 19.9 Å². The first kappa shape index (κ1) is 11.9. The van der Waals surface area contributed by atoms with Gasteiger partial charge in [0.15, 0.2) is 0 Å². The van der Waals surface area contributed by atoms with Crippen LogP contribution in [0, 0.1) is 5.92 Å². The van der Waals surface area contributed by atoms with Crippen molar-refractivity contribution in [3.05, 3.63) is 23.9 Å². The van der Waals surface area contributed by atoms with Crippen molar-refractivity contribution >= 4 is 0 Å². The highest BCUT2D eigenvalue weighted by Crippen LogP contribution is 2.15. The Balaban J connectivity index is 2.65. The number of nitrogens with two attached hydrogens (primary N) is 1. The van der Waals surface area contributed by atoms with E-state index < -0.39 is 0 Å². The van der Waals surface area contributed by atoms with Gasteiger partial charge in [-0.2, -0.15) is 0 Å². The lowest BCUT2D eigenvalue weighted by atomic mass is 10.1. The Hall–Kier alpha value is -1.13. The molecule has 0 aliphatic carbocycles. The molecule has 0 aromatic carbocycles. The van der Waals surface area contributed by atoms with Gasteiger partial charge in [0.05, 0.1) is 19.3 Å². The zero-order chi connectivity index (χ0) is 11.3. The molecule has 1 aromatic heterocycles. The van der Waals surface area contributed by atoms with Crippen LogP contribution in [0.4, 0.5) is 0 Å². The van der Waals surface area contributed by atoms with E-state index in [1.165, 1.54) is 0 Å². The molecule has 0 radical (unpaired) electrons. The lowest BCUT2D eigenvalue weighted by molar-refractivity contribution is 0.257. The summed E-state index contributed by atoms with van der Waals surface area (Å²) in [5.74, 6) is 1.02. The first-order valence-electron chi connectivity index (χ1n) is 5.08. The van der Waals surface area contributed by atoms with Crippen molar-refractivity contribution in [2.75, 3.05) is 13.2 Å². The number of rotatable bonds is 5. The van der Waals surface area contributed by atoms with Crippen molar-refractivity contribution in [2.24, 2.45) is 11.7 Å². The fraction of sp³-hybridized carbons (Fsp3) is 0.545. The van der Waals surface area contributed by atoms with Crippen LogP contribution in [0.2, 0.25) is 0 Å². The summed E-state index contributed by atoms with van der Waals surface area (Å²) < 4.78 is 5.45. The van der Waals surface area contributed by atoms with Gasteiger partial charge < -0.3 is 15.6 Å². The summed E-state index contributed by atoms with van der Waals surface area (Å²) in [5, 5.41) is 8.91. The largest absolute Gasteiger partial charge is 0.477 e. The molecule has 0 amide bonds. The maximum absolute atomic E-state index is 8.91. The molecule has 3 N–H and O–H groups in total. The van der Waals surface area contributed by atoms with Gasteiger partial charge in [0.1, 0.15) is 0 Å². The number of aromatic nitrogens is 1. The molecule has 1 aromatic rings. The first-order valence-corrected chi connectivity index (χ1v) is 5.08. The van der Waals surface area contributed by atoms with E-state index in [1.807, 2.05) is 0 Å². The normalized spacial score (nSPS) is 12.9. The molecule has 1 rings (SSSR count). The summed E-state index contributed by atoms with van der Waals surface area (Å²) >= 11 is 0. The summed E-state index contributed by atoms with van der Waals surface area (Å²) in [6.45, 7) is 4.70. The Bertz CT molecular complexity index is 302. The van der Waals surface area contributed by atoms with Crippen LogP contribution in [0.15, 0.2) is 18.3 Å². The van der Waals surface area contributed by atoms with E-state index in [0.717, 1.165) is 5.56 Å². The Morgan fingerprint density at radius 3 is 2.87 bits per heavy atom. The summed E-state index contributed by atoms with van der Waals surface area (Å²) in [6, 6.07) is 3.18. The van der Waals surface area contributed by atoms with E-state index in [-0.39, 0.29) is 12.6 Å². The summed E-state index contributed by atoms with van der Waals surface area (Å²) in [6.07, 6.45) is 1.64. The third-order valence-electron chi connectivity index (χ3n) is 1.95. The van der Waals surface area contributed by atoms with Gasteiger partial charge in [-0.1, -0.05) is 13.8 Å². The van der Waals surface area contributed by atoms with Gasteiger partial charge in [-0.05, 0) is 17.5 Å². The number of hydrogen-bond donors (Lipinski definition) is 2. The van der Waals surface area contributed by atoms with E-state index in [0.29, 0.717) is 18.4 Å². The predicted molar refractivity (Wildman–Crippen MR) is 58.6 cm³/mol. The lowest BCUT2D eigenvalue weighted by Gasteiger charge is -2.11. The van der Waals surface area contributed by atoms with Gasteiger partial charge in [0.25, 0.3) is 0 Å². The second-order valence-corrected chi connectivity index (χ2v) is 3.92. The van der Waals surface area contributed by atoms with Crippen LogP contribution < -0.4 is 10.5 Å². The van der Waals surface area contributed by atoms with Crippen molar-refractivity contribution < 1.29 is 9.84 Å². The Morgan fingerprint density at radius 2 is 2.27 bits per heavy atom. The van der Waals surface area contributed by atoms with Crippen LogP contribution in [0.3, 0.4) is 0 Å². The zero-order valence-corrected chi connectivity index (χ0v) is 9.18. The van der Waals surface area contributed by atoms with Gasteiger partial charge in [0, 0.05) is 12.3 Å². The highest BCUT2D eigenvalue weighted by molar-refractivity contribution is 5.23. The Kier molecular flexibility index (Phi) is 4.52. The maximum Gasteiger partial charge on any atom is 0.213 e. The molecule has 84 valence electrons. The predicted octanol–water partition coefficient (Wildman–Crippen LogP) is 1.11. The second-order valence-electron chi connectivity index (χ2n) is 3.92. The van der Waals surface area contributed by atoms with E-state index in [1.54, 1.807) is 18.3 Å². The number of ether oxygens (including phenoxy) is 1. The Labute approximate surface area is 90.1 Å². The zero-order valence-electron chi connectivity index (χ0n) is 9.18. The first-order chi connectivity index (χ1) is 7.13. The molecule has 1 atom stereocenters. The number of aliphatic hydroxyl groups excluding tert-OH is 1. The number of hydrogen-bond acceptors (Lipinski definition) is 4. The number of aliphatic hydroxyl groups is 1. The molecule has 4 heteroatoms. The summed E-state index contributed by atoms with van der Waals surface area (Å²) in [5.41, 5.74) is 6.52. The van der Waals surface area contributed by atoms with E-state index in [4.69, 9.17) is 15.6 Å². The quantitative estimate of drug-likeness (QED) is 0.764. The third kappa shape index (κ3) is 3.85. The number of nitrogens with zero attached hydrogens (tertiary/aromatic N) is 1. The fourth-order valence-electron chi connectivity index (χ4n) is 1.09. The monoisotopic (exact) mass is 210 g/mol. The van der Waals surface area contributed by atoms with Gasteiger partial charge in [0.2, 0.25) is 5.88 Å². The molecular weight excluding hydrogens is 192 g/mol. The maximum atomic E-state index is 8.91. The molecule has 0 fully saturated rings. The fourth-order valence-corrected chi connectivity index (χ4v) is 1.09. The molecule has 0 aliphatic rings. The standard InChI is InChI=1S/C11H18N2O2/c1-8(2)7-15-11-5-9(3-4-13-11)10(12)6-14/h3-5,8,10,14H,6-7,12H2,1-2H3. The molecule has 0 saturated carbocycles. The SMILES string of the molecule is CC(C)COc1cc(C(N)CO)ccn1. The molecule has 0 bridgehead atoms. The van der Waals surface area contributed by atoms with Crippen molar-refractivity contribution in [3.63, 3.8) is 0 Å². The van der Waals surface area contributed by atoms with Gasteiger partial charge in [-0.15, -0.1) is 0 Å². The molecule has 0 aliphatic heterocycles. The Morgan fingerprint density at radius 1 is 1.53 bits per heavy atom. The van der Waals surface area contributed by atoms with E-state index >= 15 is 0 Å². The van der Waals surface area contributed by atoms with Crippen LogP contribution in [0.1, 0.15) is 25.5 Å². The van der Waals surface area contributed by atoms with Gasteiger partial charge >= 0.3 is 0 Å². The molecule has 1 heterocycles. The average molecular weight is 210 g/mol. The highest BCUT2D eigenvalue weighted by atomic mass is 16.5. The number of pyridine rings is 1. The minimum Gasteiger partial charge on any atom is -0.477 e. The van der Waals surface area contributed by atoms with Crippen molar-refractivity contribution in [1.82, 2.24) is 4.98 Å². The third-order valence-corrected chi connectivity index (χ3v) is 1.95. The minimum atomic E-state index is -0.366. The smallest absolute Gasteiger partial charge is 0.213 e. The summed E-state index contributed by atoms with van der Waals surface area (Å²) in [7, 11) is 0. The second kappa shape index (κ2) is 5.68. The average Bonchev–Trinajstić information content (AvgIpc) is 2.25. The molecule has 0 spiro atoms. The van der Waals surface area contributed by atoms with E-state index in [9.17, 15) is 0 Å². The minimum absolute atomic E-state index is 0.0758. The topological polar surface area (TPSA) is 68.4 Å². The van der Waals surface area contributed by atoms with E-state index in [2.05, 4.69) is 18.8 Å². The molecule has 4 nitrogen and oxygen atoms in total. The molecular formula is C11H18N2O2. The molecule has 15 heavy (non-hydrogen) atoms. The summed E-state index contributed by atoms with van der Waals surface area (Å²) in [4.78, 5) is 4.07. The van der Waals surface area contributed by atoms with Gasteiger partial charge in [-0.25, -0.2) is 4.98 Å². The van der Waals surface area contributed by atoms with Crippen LogP contribution in [0.5, 0.6) is 5.88 Å². The van der Waals surface area contributed by atoms with Crippen LogP contribution >= 0.6 is 0 Å². The molecule has 0 saturated heterocycles. The van der Waals surface area contributed by atoms with Crippen molar-refractivity contribution in [3.8, 4) is 5.88 Å².